The number of aromatic amines is 2. The Morgan fingerprint density at radius 2 is 1.84 bits per heavy atom. The first kappa shape index (κ1) is 26.8. The average molecular weight is 598 g/mol. The Bertz CT molecular complexity index is 2170. The molecule has 14 heteroatoms. The number of sulfone groups is 1. The summed E-state index contributed by atoms with van der Waals surface area (Å²) in [4.78, 5) is 33.7. The molecule has 0 bridgehead atoms. The normalized spacial score (nSPS) is 14.3. The molecular weight excluding hydrogens is 573 g/mol. The van der Waals surface area contributed by atoms with Crippen LogP contribution in [0.25, 0.3) is 56.1 Å². The van der Waals surface area contributed by atoms with Gasteiger partial charge in [0, 0.05) is 35.7 Å². The number of carbonyl (C=O) groups excluding carboxylic acids is 1. The highest BCUT2D eigenvalue weighted by atomic mass is 32.2. The van der Waals surface area contributed by atoms with Gasteiger partial charge in [0.1, 0.15) is 22.2 Å². The number of fused-ring (bicyclic) bond motifs is 2. The van der Waals surface area contributed by atoms with E-state index in [1.165, 1.54) is 12.1 Å². The summed E-state index contributed by atoms with van der Waals surface area (Å²) in [6.07, 6.45) is 7.61. The van der Waals surface area contributed by atoms with Crippen molar-refractivity contribution in [2.45, 2.75) is 18.2 Å². The monoisotopic (exact) mass is 597 g/mol. The number of hydrogen-bond donors (Lipinski definition) is 4. The number of benzene rings is 1. The van der Waals surface area contributed by atoms with Gasteiger partial charge in [0.2, 0.25) is 5.91 Å². The molecule has 1 fully saturated rings. The van der Waals surface area contributed by atoms with Crippen LogP contribution in [0.2, 0.25) is 0 Å². The van der Waals surface area contributed by atoms with Gasteiger partial charge in [0.25, 0.3) is 0 Å². The van der Waals surface area contributed by atoms with E-state index in [1.807, 2.05) is 18.2 Å². The maximum absolute atomic E-state index is 14.6. The smallest absolute Gasteiger partial charge is 0.227 e. The molecule has 1 saturated carbocycles. The fourth-order valence-corrected chi connectivity index (χ4v) is 5.51. The van der Waals surface area contributed by atoms with Crippen molar-refractivity contribution < 1.29 is 17.6 Å². The van der Waals surface area contributed by atoms with Crippen LogP contribution in [-0.2, 0) is 14.6 Å². The van der Waals surface area contributed by atoms with Gasteiger partial charge in [0.05, 0.1) is 34.3 Å². The minimum Gasteiger partial charge on any atom is -0.336 e. The van der Waals surface area contributed by atoms with Crippen molar-refractivity contribution in [3.8, 4) is 34.0 Å². The molecule has 5 aromatic heterocycles. The first-order valence-corrected chi connectivity index (χ1v) is 15.3. The number of nitrogens with zero attached hydrogens (tertiary/aromatic N) is 5. The second-order valence-corrected chi connectivity index (χ2v) is 12.7. The Hall–Kier alpha value is -5.08. The van der Waals surface area contributed by atoms with Crippen molar-refractivity contribution in [1.82, 2.24) is 35.1 Å². The van der Waals surface area contributed by atoms with Gasteiger partial charge in [-0.15, -0.1) is 0 Å². The van der Waals surface area contributed by atoms with Gasteiger partial charge >= 0.3 is 0 Å². The number of pyridine rings is 3. The van der Waals surface area contributed by atoms with E-state index >= 15 is 0 Å². The molecular formula is C29H24FN9O3S. The van der Waals surface area contributed by atoms with Gasteiger partial charge in [-0.2, -0.15) is 5.10 Å². The lowest BCUT2D eigenvalue weighted by Gasteiger charge is -2.12. The van der Waals surface area contributed by atoms with E-state index in [0.717, 1.165) is 25.2 Å². The van der Waals surface area contributed by atoms with Gasteiger partial charge in [-0.25, -0.2) is 22.8 Å². The van der Waals surface area contributed by atoms with E-state index < -0.39 is 21.0 Å². The molecule has 0 aliphatic heterocycles. The lowest BCUT2D eigenvalue weighted by molar-refractivity contribution is -0.117. The zero-order chi connectivity index (χ0) is 29.9. The molecule has 1 amide bonds. The quantitative estimate of drug-likeness (QED) is 0.210. The maximum Gasteiger partial charge on any atom is 0.227 e. The zero-order valence-corrected chi connectivity index (χ0v) is 23.5. The lowest BCUT2D eigenvalue weighted by Crippen LogP contribution is -2.20. The Balaban J connectivity index is 1.27. The van der Waals surface area contributed by atoms with Crippen LogP contribution >= 0.6 is 0 Å². The number of aromatic nitrogens is 7. The summed E-state index contributed by atoms with van der Waals surface area (Å²) < 4.78 is 38.7. The standard InChI is InChI=1S/C29H24FN9O3S/c1-43(41,42)27(31)16-8-15(9-18(30)10-16)23-24-21(6-7-33-23)36-28(37-24)26-25-22(38-39-26)5-4-20(35-25)17-11-19(13-32-12-17)34-29(40)14-2-3-14/h4-14,27H,2-3,31H2,1H3,(H,34,40)(H,36,37)(H,38,39). The Morgan fingerprint density at radius 3 is 2.63 bits per heavy atom. The summed E-state index contributed by atoms with van der Waals surface area (Å²) in [6.45, 7) is 0. The summed E-state index contributed by atoms with van der Waals surface area (Å²) in [6, 6.07) is 11.1. The van der Waals surface area contributed by atoms with Gasteiger partial charge < -0.3 is 16.0 Å². The number of nitrogens with two attached hydrogens (primary N) is 1. The summed E-state index contributed by atoms with van der Waals surface area (Å²) in [5.41, 5.74) is 11.3. The minimum atomic E-state index is -3.67. The van der Waals surface area contributed by atoms with Crippen molar-refractivity contribution in [3.63, 3.8) is 0 Å². The molecule has 1 aliphatic rings. The summed E-state index contributed by atoms with van der Waals surface area (Å²) in [5, 5.41) is 8.93. The van der Waals surface area contributed by atoms with Crippen LogP contribution in [-0.4, -0.2) is 55.7 Å². The molecule has 1 atom stereocenters. The average Bonchev–Trinajstić information content (AvgIpc) is 3.62. The highest BCUT2D eigenvalue weighted by Crippen LogP contribution is 2.33. The SMILES string of the molecule is CS(=O)(=O)C(N)c1cc(F)cc(-c2nccc3[nH]c(-c4n[nH]c5ccc(-c6cncc(NC(=O)C7CC7)c6)nc45)nc23)c1. The van der Waals surface area contributed by atoms with Crippen LogP contribution in [0.5, 0.6) is 0 Å². The highest BCUT2D eigenvalue weighted by molar-refractivity contribution is 7.90. The van der Waals surface area contributed by atoms with Crippen molar-refractivity contribution in [1.29, 1.82) is 0 Å². The molecule has 216 valence electrons. The number of amides is 1. The lowest BCUT2D eigenvalue weighted by atomic mass is 10.1. The van der Waals surface area contributed by atoms with Gasteiger partial charge in [-0.3, -0.25) is 19.9 Å². The van der Waals surface area contributed by atoms with Crippen LogP contribution in [0.3, 0.4) is 0 Å². The molecule has 6 aromatic rings. The third kappa shape index (κ3) is 5.10. The zero-order valence-electron chi connectivity index (χ0n) is 22.7. The van der Waals surface area contributed by atoms with E-state index in [9.17, 15) is 17.6 Å². The topological polar surface area (TPSA) is 185 Å². The van der Waals surface area contributed by atoms with Crippen molar-refractivity contribution in [2.75, 3.05) is 11.6 Å². The van der Waals surface area contributed by atoms with E-state index in [-0.39, 0.29) is 17.4 Å². The molecule has 5 heterocycles. The number of hydrogen-bond acceptors (Lipinski definition) is 9. The Morgan fingerprint density at radius 1 is 1.02 bits per heavy atom. The summed E-state index contributed by atoms with van der Waals surface area (Å²) in [5.74, 6) is -0.194. The largest absolute Gasteiger partial charge is 0.336 e. The first-order valence-electron chi connectivity index (χ1n) is 13.4. The first-order chi connectivity index (χ1) is 20.6. The van der Waals surface area contributed by atoms with Crippen molar-refractivity contribution in [2.24, 2.45) is 11.7 Å². The minimum absolute atomic E-state index is 0.00839. The molecule has 1 unspecified atom stereocenters. The number of carbonyl (C=O) groups is 1. The van der Waals surface area contributed by atoms with Crippen molar-refractivity contribution in [3.05, 3.63) is 72.4 Å². The number of anilines is 1. The van der Waals surface area contributed by atoms with E-state index in [2.05, 4.69) is 30.5 Å². The number of nitrogens with one attached hydrogen (secondary N) is 3. The molecule has 1 aromatic carbocycles. The van der Waals surface area contributed by atoms with Gasteiger partial charge in [-0.1, -0.05) is 0 Å². The molecule has 12 nitrogen and oxygen atoms in total. The Kier molecular flexibility index (Phi) is 6.25. The molecule has 7 rings (SSSR count). The van der Waals surface area contributed by atoms with E-state index in [1.54, 1.807) is 24.7 Å². The molecule has 43 heavy (non-hydrogen) atoms. The molecule has 1 aliphatic carbocycles. The van der Waals surface area contributed by atoms with Gasteiger partial charge in [0.15, 0.2) is 21.4 Å². The van der Waals surface area contributed by atoms with Crippen LogP contribution in [0.15, 0.2) is 61.1 Å². The van der Waals surface area contributed by atoms with Crippen LogP contribution in [0.4, 0.5) is 10.1 Å². The Labute approximate surface area is 243 Å². The van der Waals surface area contributed by atoms with Crippen LogP contribution in [0.1, 0.15) is 23.8 Å². The third-order valence-corrected chi connectivity index (χ3v) is 8.46. The van der Waals surface area contributed by atoms with Crippen LogP contribution in [0, 0.1) is 11.7 Å². The molecule has 0 spiro atoms. The van der Waals surface area contributed by atoms with E-state index in [4.69, 9.17) is 15.7 Å². The highest BCUT2D eigenvalue weighted by Gasteiger charge is 2.29. The fourth-order valence-electron chi connectivity index (χ4n) is 4.88. The molecule has 0 radical (unpaired) electrons. The summed E-state index contributed by atoms with van der Waals surface area (Å²) in [7, 11) is -3.67. The van der Waals surface area contributed by atoms with Gasteiger partial charge in [-0.05, 0) is 60.9 Å². The predicted molar refractivity (Wildman–Crippen MR) is 159 cm³/mol. The van der Waals surface area contributed by atoms with E-state index in [0.29, 0.717) is 61.8 Å². The summed E-state index contributed by atoms with van der Waals surface area (Å²) >= 11 is 0. The third-order valence-electron chi connectivity index (χ3n) is 7.27. The number of rotatable bonds is 7. The fraction of sp³-hybridized carbons (Fsp3) is 0.172. The second-order valence-electron chi connectivity index (χ2n) is 10.6. The number of H-pyrrole nitrogens is 2. The van der Waals surface area contributed by atoms with Crippen LogP contribution < -0.4 is 11.1 Å². The number of halogens is 1. The maximum atomic E-state index is 14.6. The predicted octanol–water partition coefficient (Wildman–Crippen LogP) is 4.11. The molecule has 0 saturated heterocycles. The number of imidazole rings is 1. The molecule has 5 N–H and O–H groups in total. The second kappa shape index (κ2) is 10.0. The van der Waals surface area contributed by atoms with Crippen molar-refractivity contribution >= 4 is 43.5 Å².